The summed E-state index contributed by atoms with van der Waals surface area (Å²) in [7, 11) is 3.26. The molecule has 1 aromatic heterocycles. The van der Waals surface area contributed by atoms with Crippen LogP contribution in [0.1, 0.15) is 16.7 Å². The molecule has 4 aromatic rings. The molecule has 0 aliphatic carbocycles. The molecule has 9 heteroatoms. The SMILES string of the molecule is COc1ccccc1-c1n[nH]c(=S)n1NCc1cc(Br)c(OCc2ccc(C)cc2)c(OC)c1. The van der Waals surface area contributed by atoms with Gasteiger partial charge >= 0.3 is 0 Å². The second-order valence-corrected chi connectivity index (χ2v) is 8.85. The molecular formula is C25H25BrN4O3S. The van der Waals surface area contributed by atoms with Crippen LogP contribution in [0.3, 0.4) is 0 Å². The zero-order valence-electron chi connectivity index (χ0n) is 19.1. The highest BCUT2D eigenvalue weighted by Crippen LogP contribution is 2.37. The molecule has 0 amide bonds. The molecule has 176 valence electrons. The Kier molecular flexibility index (Phi) is 7.54. The van der Waals surface area contributed by atoms with Crippen molar-refractivity contribution in [2.24, 2.45) is 0 Å². The third kappa shape index (κ3) is 5.26. The molecule has 0 saturated heterocycles. The summed E-state index contributed by atoms with van der Waals surface area (Å²) < 4.78 is 20.1. The maximum Gasteiger partial charge on any atom is 0.214 e. The molecule has 7 nitrogen and oxygen atoms in total. The molecule has 0 aliphatic rings. The molecule has 0 fully saturated rings. The van der Waals surface area contributed by atoms with Gasteiger partial charge in [-0.15, -0.1) is 0 Å². The molecule has 0 bridgehead atoms. The fraction of sp³-hybridized carbons (Fsp3) is 0.200. The number of H-pyrrole nitrogens is 1. The van der Waals surface area contributed by atoms with E-state index in [4.69, 9.17) is 26.4 Å². The smallest absolute Gasteiger partial charge is 0.214 e. The van der Waals surface area contributed by atoms with E-state index in [1.165, 1.54) is 5.56 Å². The van der Waals surface area contributed by atoms with E-state index in [9.17, 15) is 0 Å². The zero-order chi connectivity index (χ0) is 24.1. The number of hydrogen-bond donors (Lipinski definition) is 2. The summed E-state index contributed by atoms with van der Waals surface area (Å²) >= 11 is 9.07. The summed E-state index contributed by atoms with van der Waals surface area (Å²) in [5.74, 6) is 2.63. The van der Waals surface area contributed by atoms with Gasteiger partial charge in [-0.1, -0.05) is 42.0 Å². The number of benzene rings is 3. The number of aromatic nitrogens is 3. The van der Waals surface area contributed by atoms with Crippen LogP contribution in [0.15, 0.2) is 65.1 Å². The second-order valence-electron chi connectivity index (χ2n) is 7.61. The third-order valence-electron chi connectivity index (χ3n) is 5.25. The minimum absolute atomic E-state index is 0.444. The number of aromatic amines is 1. The molecule has 0 aliphatic heterocycles. The van der Waals surface area contributed by atoms with E-state index in [1.54, 1.807) is 18.9 Å². The number of halogens is 1. The van der Waals surface area contributed by atoms with Gasteiger partial charge in [0.2, 0.25) is 4.77 Å². The van der Waals surface area contributed by atoms with Gasteiger partial charge in [0.15, 0.2) is 17.3 Å². The predicted molar refractivity (Wildman–Crippen MR) is 139 cm³/mol. The highest BCUT2D eigenvalue weighted by molar-refractivity contribution is 9.10. The van der Waals surface area contributed by atoms with Crippen molar-refractivity contribution >= 4 is 28.1 Å². The van der Waals surface area contributed by atoms with Crippen LogP contribution in [-0.2, 0) is 13.2 Å². The van der Waals surface area contributed by atoms with Gasteiger partial charge in [-0.25, -0.2) is 9.77 Å². The van der Waals surface area contributed by atoms with Gasteiger partial charge in [-0.2, -0.15) is 5.10 Å². The molecule has 2 N–H and O–H groups in total. The Hall–Kier alpha value is -3.30. The van der Waals surface area contributed by atoms with E-state index >= 15 is 0 Å². The maximum atomic E-state index is 6.07. The van der Waals surface area contributed by atoms with E-state index in [0.717, 1.165) is 21.2 Å². The topological polar surface area (TPSA) is 73.3 Å². The first-order chi connectivity index (χ1) is 16.5. The molecule has 3 aromatic carbocycles. The minimum atomic E-state index is 0.444. The van der Waals surface area contributed by atoms with Crippen molar-refractivity contribution < 1.29 is 14.2 Å². The summed E-state index contributed by atoms with van der Waals surface area (Å²) in [6.07, 6.45) is 0. The molecular weight excluding hydrogens is 516 g/mol. The van der Waals surface area contributed by atoms with Crippen molar-refractivity contribution in [1.29, 1.82) is 0 Å². The number of para-hydroxylation sites is 1. The highest BCUT2D eigenvalue weighted by Gasteiger charge is 2.15. The minimum Gasteiger partial charge on any atom is -0.496 e. The third-order valence-corrected chi connectivity index (χ3v) is 6.12. The van der Waals surface area contributed by atoms with Gasteiger partial charge in [0, 0.05) is 0 Å². The molecule has 0 atom stereocenters. The van der Waals surface area contributed by atoms with Gasteiger partial charge < -0.3 is 19.6 Å². The molecule has 4 rings (SSSR count). The van der Waals surface area contributed by atoms with Gasteiger partial charge in [0.25, 0.3) is 0 Å². The van der Waals surface area contributed by atoms with E-state index in [0.29, 0.717) is 41.0 Å². The van der Waals surface area contributed by atoms with Gasteiger partial charge in [-0.05, 0) is 70.5 Å². The quantitative estimate of drug-likeness (QED) is 0.253. The number of methoxy groups -OCH3 is 2. The molecule has 0 unspecified atom stereocenters. The van der Waals surface area contributed by atoms with Crippen LogP contribution in [0.25, 0.3) is 11.4 Å². The van der Waals surface area contributed by atoms with Crippen molar-refractivity contribution in [2.45, 2.75) is 20.1 Å². The number of aryl methyl sites for hydroxylation is 1. The fourth-order valence-corrected chi connectivity index (χ4v) is 4.28. The molecule has 34 heavy (non-hydrogen) atoms. The van der Waals surface area contributed by atoms with Crippen molar-refractivity contribution in [2.75, 3.05) is 19.6 Å². The van der Waals surface area contributed by atoms with Crippen LogP contribution in [-0.4, -0.2) is 29.1 Å². The van der Waals surface area contributed by atoms with E-state index in [1.807, 2.05) is 36.4 Å². The zero-order valence-corrected chi connectivity index (χ0v) is 21.5. The lowest BCUT2D eigenvalue weighted by Crippen LogP contribution is -2.16. The van der Waals surface area contributed by atoms with E-state index < -0.39 is 0 Å². The largest absolute Gasteiger partial charge is 0.496 e. The summed E-state index contributed by atoms with van der Waals surface area (Å²) in [5.41, 5.74) is 7.43. The molecule has 0 radical (unpaired) electrons. The Bertz CT molecular complexity index is 1330. The first-order valence-electron chi connectivity index (χ1n) is 10.6. The van der Waals surface area contributed by atoms with E-state index in [2.05, 4.69) is 62.7 Å². The lowest BCUT2D eigenvalue weighted by Gasteiger charge is -2.16. The first kappa shape index (κ1) is 23.8. The summed E-state index contributed by atoms with van der Waals surface area (Å²) in [6, 6.07) is 19.8. The van der Waals surface area contributed by atoms with Crippen LogP contribution in [0.4, 0.5) is 0 Å². The maximum absolute atomic E-state index is 6.07. The summed E-state index contributed by atoms with van der Waals surface area (Å²) in [4.78, 5) is 0. The van der Waals surface area contributed by atoms with Crippen LogP contribution in [0.2, 0.25) is 0 Å². The predicted octanol–water partition coefficient (Wildman–Crippen LogP) is 6.02. The van der Waals surface area contributed by atoms with Crippen molar-refractivity contribution in [1.82, 2.24) is 14.9 Å². The number of rotatable bonds is 9. The Morgan fingerprint density at radius 1 is 1.00 bits per heavy atom. The standard InChI is InChI=1S/C25H25BrN4O3S/c1-16-8-10-17(11-9-16)15-33-23-20(26)12-18(13-22(23)32-3)14-27-30-24(28-29-25(30)34)19-6-4-5-7-21(19)31-2/h4-13,27H,14-15H2,1-3H3,(H,29,34). The van der Waals surface area contributed by atoms with Crippen LogP contribution >= 0.6 is 28.1 Å². The molecule has 0 spiro atoms. The first-order valence-corrected chi connectivity index (χ1v) is 11.8. The Morgan fingerprint density at radius 3 is 2.47 bits per heavy atom. The number of nitrogens with zero attached hydrogens (tertiary/aromatic N) is 2. The fourth-order valence-electron chi connectivity index (χ4n) is 3.48. The van der Waals surface area contributed by atoms with Crippen molar-refractivity contribution in [3.63, 3.8) is 0 Å². The van der Waals surface area contributed by atoms with Crippen molar-refractivity contribution in [3.8, 4) is 28.6 Å². The van der Waals surface area contributed by atoms with Gasteiger partial charge in [0.05, 0.1) is 30.8 Å². The molecule has 1 heterocycles. The Balaban J connectivity index is 1.53. The highest BCUT2D eigenvalue weighted by atomic mass is 79.9. The Morgan fingerprint density at radius 2 is 1.74 bits per heavy atom. The van der Waals surface area contributed by atoms with Crippen LogP contribution in [0.5, 0.6) is 17.2 Å². The Labute approximate surface area is 211 Å². The van der Waals surface area contributed by atoms with Crippen LogP contribution in [0, 0.1) is 11.7 Å². The lowest BCUT2D eigenvalue weighted by molar-refractivity contribution is 0.282. The van der Waals surface area contributed by atoms with Crippen LogP contribution < -0.4 is 19.6 Å². The van der Waals surface area contributed by atoms with E-state index in [-0.39, 0.29) is 0 Å². The monoisotopic (exact) mass is 540 g/mol. The number of ether oxygens (including phenoxy) is 3. The van der Waals surface area contributed by atoms with Gasteiger partial charge in [-0.3, -0.25) is 0 Å². The average molecular weight is 541 g/mol. The van der Waals surface area contributed by atoms with Gasteiger partial charge in [0.1, 0.15) is 12.4 Å². The lowest BCUT2D eigenvalue weighted by atomic mass is 10.1. The van der Waals surface area contributed by atoms with Crippen molar-refractivity contribution in [3.05, 3.63) is 86.6 Å². The summed E-state index contributed by atoms with van der Waals surface area (Å²) in [5, 5.41) is 7.23. The summed E-state index contributed by atoms with van der Waals surface area (Å²) in [6.45, 7) is 2.98. The average Bonchev–Trinajstić information content (AvgIpc) is 3.22. The number of nitrogens with one attached hydrogen (secondary N) is 2. The molecule has 0 saturated carbocycles. The second kappa shape index (κ2) is 10.8. The normalized spacial score (nSPS) is 10.7. The number of hydrogen-bond acceptors (Lipinski definition) is 6.